The monoisotopic (exact) mass is 383 g/mol. The maximum Gasteiger partial charge on any atom is 0.411 e. The highest BCUT2D eigenvalue weighted by molar-refractivity contribution is 6.31. The molecule has 3 aromatic rings. The number of aromatic nitrogens is 1. The first kappa shape index (κ1) is 18.3. The summed E-state index contributed by atoms with van der Waals surface area (Å²) in [6.45, 7) is -1.52. The number of alkyl halides is 3. The molecule has 4 nitrogen and oxygen atoms in total. The van der Waals surface area contributed by atoms with Gasteiger partial charge in [0.05, 0.1) is 5.56 Å². The second-order valence-corrected chi connectivity index (χ2v) is 6.12. The second-order valence-electron chi connectivity index (χ2n) is 5.68. The third-order valence-electron chi connectivity index (χ3n) is 3.73. The highest BCUT2D eigenvalue weighted by Gasteiger charge is 2.31. The summed E-state index contributed by atoms with van der Waals surface area (Å²) in [5.41, 5.74) is 0.247. The minimum absolute atomic E-state index is 0.00899. The Morgan fingerprint density at radius 1 is 1.12 bits per heavy atom. The van der Waals surface area contributed by atoms with Gasteiger partial charge in [0.2, 0.25) is 0 Å². The molecule has 0 saturated carbocycles. The van der Waals surface area contributed by atoms with Gasteiger partial charge in [-0.25, -0.2) is 0 Å². The number of pyridine rings is 1. The van der Waals surface area contributed by atoms with E-state index in [1.807, 2.05) is 0 Å². The van der Waals surface area contributed by atoms with Crippen LogP contribution in [0.2, 0.25) is 5.02 Å². The zero-order valence-electron chi connectivity index (χ0n) is 13.2. The molecule has 2 aromatic carbocycles. The largest absolute Gasteiger partial charge is 0.508 e. The van der Waals surface area contributed by atoms with Gasteiger partial charge in [-0.15, -0.1) is 0 Å². The van der Waals surface area contributed by atoms with Crippen LogP contribution in [-0.2, 0) is 4.74 Å². The molecule has 1 atom stereocenters. The van der Waals surface area contributed by atoms with Gasteiger partial charge < -0.3 is 14.8 Å². The van der Waals surface area contributed by atoms with E-state index < -0.39 is 24.4 Å². The molecule has 0 bridgehead atoms. The lowest BCUT2D eigenvalue weighted by atomic mass is 10.0. The van der Waals surface area contributed by atoms with E-state index in [-0.39, 0.29) is 11.3 Å². The summed E-state index contributed by atoms with van der Waals surface area (Å²) in [5.74, 6) is -0.0532. The molecule has 0 radical (unpaired) electrons. The number of ether oxygens (including phenoxy) is 1. The van der Waals surface area contributed by atoms with Crippen LogP contribution in [0.4, 0.5) is 13.2 Å². The van der Waals surface area contributed by atoms with Crippen molar-refractivity contribution in [2.75, 3.05) is 6.61 Å². The lowest BCUT2D eigenvalue weighted by molar-refractivity contribution is -0.182. The molecule has 1 aromatic heterocycles. The molecule has 8 heteroatoms. The zero-order valence-corrected chi connectivity index (χ0v) is 13.9. The second kappa shape index (κ2) is 7.01. The number of aromatic hydroxyl groups is 1. The molecule has 3 rings (SSSR count). The zero-order chi connectivity index (χ0) is 18.9. The maximum absolute atomic E-state index is 12.6. The van der Waals surface area contributed by atoms with E-state index in [2.05, 4.69) is 4.98 Å². The number of aromatic amines is 1. The Kier molecular flexibility index (Phi) is 4.93. The minimum Gasteiger partial charge on any atom is -0.508 e. The Balaban J connectivity index is 2.10. The Labute approximate surface area is 150 Å². The molecule has 0 aliphatic heterocycles. The molecule has 0 saturated heterocycles. The van der Waals surface area contributed by atoms with Crippen molar-refractivity contribution in [1.82, 2.24) is 4.98 Å². The van der Waals surface area contributed by atoms with Crippen molar-refractivity contribution in [2.45, 2.75) is 12.3 Å². The lowest BCUT2D eigenvalue weighted by Crippen LogP contribution is -2.24. The Morgan fingerprint density at radius 3 is 2.46 bits per heavy atom. The van der Waals surface area contributed by atoms with E-state index in [9.17, 15) is 23.1 Å². The summed E-state index contributed by atoms with van der Waals surface area (Å²) in [5, 5.41) is 10.4. The van der Waals surface area contributed by atoms with Gasteiger partial charge in [-0.2, -0.15) is 13.2 Å². The number of phenols is 1. The number of phenolic OH excluding ortho intramolecular Hbond substituents is 1. The van der Waals surface area contributed by atoms with Gasteiger partial charge in [0.25, 0.3) is 5.56 Å². The smallest absolute Gasteiger partial charge is 0.411 e. The van der Waals surface area contributed by atoms with E-state index in [4.69, 9.17) is 16.3 Å². The molecule has 0 aliphatic carbocycles. The lowest BCUT2D eigenvalue weighted by Gasteiger charge is -2.20. The van der Waals surface area contributed by atoms with Crippen molar-refractivity contribution in [3.8, 4) is 5.75 Å². The number of fused-ring (bicyclic) bond motifs is 1. The number of halogens is 4. The van der Waals surface area contributed by atoms with Crippen molar-refractivity contribution in [3.05, 3.63) is 75.0 Å². The first-order chi connectivity index (χ1) is 12.2. The van der Waals surface area contributed by atoms with Gasteiger partial charge in [0, 0.05) is 15.9 Å². The fourth-order valence-electron chi connectivity index (χ4n) is 2.58. The molecule has 0 spiro atoms. The van der Waals surface area contributed by atoms with E-state index >= 15 is 0 Å². The molecule has 26 heavy (non-hydrogen) atoms. The first-order valence-corrected chi connectivity index (χ1v) is 7.90. The minimum atomic E-state index is -4.55. The van der Waals surface area contributed by atoms with Crippen LogP contribution in [0.1, 0.15) is 17.2 Å². The third-order valence-corrected chi connectivity index (χ3v) is 3.96. The van der Waals surface area contributed by atoms with Gasteiger partial charge in [-0.05, 0) is 42.0 Å². The van der Waals surface area contributed by atoms with Crippen LogP contribution in [-0.4, -0.2) is 22.9 Å². The summed E-state index contributed by atoms with van der Waals surface area (Å²) in [4.78, 5) is 15.0. The molecule has 0 fully saturated rings. The van der Waals surface area contributed by atoms with E-state index in [0.29, 0.717) is 21.5 Å². The quantitative estimate of drug-likeness (QED) is 0.694. The molecule has 0 amide bonds. The molecular formula is C18H13ClF3NO3. The third kappa shape index (κ3) is 4.17. The number of benzene rings is 2. The predicted molar refractivity (Wildman–Crippen MR) is 91.5 cm³/mol. The van der Waals surface area contributed by atoms with E-state index in [0.717, 1.165) is 0 Å². The van der Waals surface area contributed by atoms with Gasteiger partial charge in [0.15, 0.2) is 0 Å². The number of H-pyrrole nitrogens is 1. The average molecular weight is 384 g/mol. The van der Waals surface area contributed by atoms with E-state index in [1.165, 1.54) is 30.3 Å². The molecule has 2 N–H and O–H groups in total. The van der Waals surface area contributed by atoms with Crippen molar-refractivity contribution in [3.63, 3.8) is 0 Å². The van der Waals surface area contributed by atoms with Gasteiger partial charge in [-0.1, -0.05) is 23.7 Å². The van der Waals surface area contributed by atoms with Gasteiger partial charge in [-0.3, -0.25) is 4.79 Å². The highest BCUT2D eigenvalue weighted by atomic mass is 35.5. The van der Waals surface area contributed by atoms with Crippen molar-refractivity contribution in [2.24, 2.45) is 0 Å². The Hall–Kier alpha value is -2.51. The summed E-state index contributed by atoms with van der Waals surface area (Å²) in [7, 11) is 0. The Bertz CT molecular complexity index is 984. The SMILES string of the molecule is O=c1[nH]c2ccc(Cl)cc2cc1C(OCC(F)(F)F)c1ccc(O)cc1. The van der Waals surface area contributed by atoms with Crippen LogP contribution in [0.25, 0.3) is 10.9 Å². The summed E-state index contributed by atoms with van der Waals surface area (Å²) in [6.07, 6.45) is -5.81. The van der Waals surface area contributed by atoms with Crippen molar-refractivity contribution in [1.29, 1.82) is 0 Å². The van der Waals surface area contributed by atoms with Crippen LogP contribution in [0.5, 0.6) is 5.75 Å². The number of hydrogen-bond acceptors (Lipinski definition) is 3. The molecule has 0 aliphatic rings. The molecule has 1 unspecified atom stereocenters. The molecule has 136 valence electrons. The van der Waals surface area contributed by atoms with Crippen LogP contribution < -0.4 is 5.56 Å². The number of nitrogens with one attached hydrogen (secondary N) is 1. The topological polar surface area (TPSA) is 62.3 Å². The fourth-order valence-corrected chi connectivity index (χ4v) is 2.76. The number of hydrogen-bond donors (Lipinski definition) is 2. The first-order valence-electron chi connectivity index (χ1n) is 7.53. The number of rotatable bonds is 4. The Morgan fingerprint density at radius 2 is 1.81 bits per heavy atom. The van der Waals surface area contributed by atoms with Gasteiger partial charge in [0.1, 0.15) is 18.5 Å². The highest BCUT2D eigenvalue weighted by Crippen LogP contribution is 2.29. The summed E-state index contributed by atoms with van der Waals surface area (Å²) < 4.78 is 43.0. The standard InChI is InChI=1S/C18H13ClF3NO3/c19-12-3-6-15-11(7-12)8-14(17(25)23-15)16(26-9-18(20,21)22)10-1-4-13(24)5-2-10/h1-8,16,24H,9H2,(H,23,25). The summed E-state index contributed by atoms with van der Waals surface area (Å²) in [6, 6.07) is 11.7. The van der Waals surface area contributed by atoms with Crippen molar-refractivity contribution >= 4 is 22.5 Å². The van der Waals surface area contributed by atoms with Crippen LogP contribution in [0.3, 0.4) is 0 Å². The molecule has 1 heterocycles. The maximum atomic E-state index is 12.6. The van der Waals surface area contributed by atoms with Crippen molar-refractivity contribution < 1.29 is 23.0 Å². The predicted octanol–water partition coefficient (Wildman–Crippen LogP) is 4.56. The van der Waals surface area contributed by atoms with Crippen LogP contribution in [0.15, 0.2) is 53.3 Å². The molecular weight excluding hydrogens is 371 g/mol. The van der Waals surface area contributed by atoms with Crippen LogP contribution >= 0.6 is 11.6 Å². The van der Waals surface area contributed by atoms with Crippen LogP contribution in [0, 0.1) is 0 Å². The average Bonchev–Trinajstić information content (AvgIpc) is 2.56. The fraction of sp³-hybridized carbons (Fsp3) is 0.167. The normalized spacial score (nSPS) is 13.1. The van der Waals surface area contributed by atoms with Gasteiger partial charge >= 0.3 is 6.18 Å². The van der Waals surface area contributed by atoms with E-state index in [1.54, 1.807) is 18.2 Å². The summed E-state index contributed by atoms with van der Waals surface area (Å²) >= 11 is 5.95.